The number of aryl methyl sites for hydroxylation is 2. The van der Waals surface area contributed by atoms with Crippen LogP contribution >= 0.6 is 0 Å². The molecule has 1 fully saturated rings. The van der Waals surface area contributed by atoms with E-state index < -0.39 is 0 Å². The molecular formula is C24H28N4O. The maximum Gasteiger partial charge on any atom is 0.315 e. The second-order valence-corrected chi connectivity index (χ2v) is 8.03. The van der Waals surface area contributed by atoms with Crippen molar-refractivity contribution in [2.75, 3.05) is 6.54 Å². The lowest BCUT2D eigenvalue weighted by Crippen LogP contribution is -2.39. The van der Waals surface area contributed by atoms with Gasteiger partial charge in [-0.25, -0.2) is 9.48 Å². The Hall–Kier alpha value is -3.08. The van der Waals surface area contributed by atoms with Gasteiger partial charge in [0.25, 0.3) is 0 Å². The van der Waals surface area contributed by atoms with Gasteiger partial charge in [0.15, 0.2) is 0 Å². The molecule has 29 heavy (non-hydrogen) atoms. The molecular weight excluding hydrogens is 360 g/mol. The first kappa shape index (κ1) is 19.2. The van der Waals surface area contributed by atoms with Gasteiger partial charge in [-0.1, -0.05) is 42.5 Å². The second kappa shape index (κ2) is 7.74. The lowest BCUT2D eigenvalue weighted by atomic mass is 9.92. The van der Waals surface area contributed by atoms with Crippen molar-refractivity contribution >= 4 is 6.03 Å². The number of nitrogens with zero attached hydrogens (tertiary/aromatic N) is 2. The highest BCUT2D eigenvalue weighted by atomic mass is 16.2. The van der Waals surface area contributed by atoms with Crippen LogP contribution in [0.3, 0.4) is 0 Å². The molecule has 0 saturated heterocycles. The Labute approximate surface area is 172 Å². The summed E-state index contributed by atoms with van der Waals surface area (Å²) < 4.78 is 1.93. The summed E-state index contributed by atoms with van der Waals surface area (Å²) in [7, 11) is 0. The highest BCUT2D eigenvalue weighted by Gasteiger charge is 2.45. The summed E-state index contributed by atoms with van der Waals surface area (Å²) in [5, 5.41) is 10.7. The van der Waals surface area contributed by atoms with Crippen molar-refractivity contribution in [2.45, 2.75) is 45.6 Å². The zero-order valence-electron chi connectivity index (χ0n) is 17.3. The summed E-state index contributed by atoms with van der Waals surface area (Å²) in [6, 6.07) is 18.4. The van der Waals surface area contributed by atoms with Crippen LogP contribution in [0.2, 0.25) is 0 Å². The summed E-state index contributed by atoms with van der Waals surface area (Å²) in [6.45, 7) is 7.31. The minimum atomic E-state index is -0.129. The predicted octanol–water partition coefficient (Wildman–Crippen LogP) is 4.33. The van der Waals surface area contributed by atoms with Gasteiger partial charge in [-0.3, -0.25) is 0 Å². The van der Waals surface area contributed by atoms with Gasteiger partial charge < -0.3 is 10.6 Å². The number of urea groups is 1. The molecule has 1 aliphatic carbocycles. The first-order valence-corrected chi connectivity index (χ1v) is 10.2. The number of aromatic nitrogens is 2. The van der Waals surface area contributed by atoms with Gasteiger partial charge in [-0.05, 0) is 56.9 Å². The maximum absolute atomic E-state index is 12.5. The molecule has 5 nitrogen and oxygen atoms in total. The summed E-state index contributed by atoms with van der Waals surface area (Å²) in [4.78, 5) is 12.5. The van der Waals surface area contributed by atoms with Crippen LogP contribution in [-0.4, -0.2) is 22.4 Å². The molecule has 0 unspecified atom stereocenters. The average Bonchev–Trinajstić information content (AvgIpc) is 3.46. The molecule has 1 saturated carbocycles. The fourth-order valence-electron chi connectivity index (χ4n) is 4.09. The molecule has 2 amide bonds. The lowest BCUT2D eigenvalue weighted by Gasteiger charge is -2.19. The van der Waals surface area contributed by atoms with E-state index in [-0.39, 0.29) is 11.4 Å². The van der Waals surface area contributed by atoms with Gasteiger partial charge in [0.05, 0.1) is 11.4 Å². The highest BCUT2D eigenvalue weighted by molar-refractivity contribution is 5.74. The normalized spacial score (nSPS) is 14.4. The Morgan fingerprint density at radius 3 is 2.38 bits per heavy atom. The zero-order valence-corrected chi connectivity index (χ0v) is 17.3. The Morgan fingerprint density at radius 2 is 1.69 bits per heavy atom. The number of carbonyl (C=O) groups is 1. The molecule has 1 aliphatic rings. The van der Waals surface area contributed by atoms with E-state index in [0.717, 1.165) is 35.5 Å². The third-order valence-electron chi connectivity index (χ3n) is 6.02. The number of nitrogens with one attached hydrogen (secondary N) is 2. The molecule has 2 N–H and O–H groups in total. The smallest absolute Gasteiger partial charge is 0.315 e. The van der Waals surface area contributed by atoms with Gasteiger partial charge >= 0.3 is 6.03 Å². The van der Waals surface area contributed by atoms with Crippen molar-refractivity contribution < 1.29 is 4.79 Å². The van der Waals surface area contributed by atoms with Crippen LogP contribution in [0.5, 0.6) is 0 Å². The van der Waals surface area contributed by atoms with Crippen LogP contribution in [0.15, 0.2) is 54.6 Å². The Kier molecular flexibility index (Phi) is 5.14. The van der Waals surface area contributed by atoms with E-state index in [2.05, 4.69) is 46.9 Å². The van der Waals surface area contributed by atoms with Crippen molar-refractivity contribution in [3.05, 3.63) is 82.7 Å². The molecule has 2 aromatic carbocycles. The first-order chi connectivity index (χ1) is 14.0. The van der Waals surface area contributed by atoms with Gasteiger partial charge in [0, 0.05) is 29.8 Å². The van der Waals surface area contributed by atoms with Crippen LogP contribution in [0.4, 0.5) is 4.79 Å². The molecule has 0 aliphatic heterocycles. The largest absolute Gasteiger partial charge is 0.337 e. The Morgan fingerprint density at radius 1 is 1.00 bits per heavy atom. The molecule has 0 spiro atoms. The maximum atomic E-state index is 12.5. The SMILES string of the molecule is Cc1ccccc1C1(CNC(=O)NCc2c(C)nn(-c3ccccc3)c2C)CC1. The molecule has 0 atom stereocenters. The minimum absolute atomic E-state index is 0.104. The monoisotopic (exact) mass is 388 g/mol. The van der Waals surface area contributed by atoms with Crippen molar-refractivity contribution in [1.82, 2.24) is 20.4 Å². The highest BCUT2D eigenvalue weighted by Crippen LogP contribution is 2.48. The summed E-state index contributed by atoms with van der Waals surface area (Å²) in [6.07, 6.45) is 2.25. The molecule has 3 aromatic rings. The standard InChI is InChI=1S/C24H28N4O/c1-17-9-7-8-12-22(17)24(13-14-24)16-26-23(29)25-15-21-18(2)27-28(19(21)3)20-10-5-4-6-11-20/h4-12H,13-16H2,1-3H3,(H2,25,26,29). The predicted molar refractivity (Wildman–Crippen MR) is 115 cm³/mol. The average molecular weight is 389 g/mol. The molecule has 0 bridgehead atoms. The second-order valence-electron chi connectivity index (χ2n) is 8.03. The third-order valence-corrected chi connectivity index (χ3v) is 6.02. The number of hydrogen-bond donors (Lipinski definition) is 2. The van der Waals surface area contributed by atoms with Gasteiger partial charge in [-0.15, -0.1) is 0 Å². The third kappa shape index (κ3) is 3.90. The summed E-state index contributed by atoms with van der Waals surface area (Å²) >= 11 is 0. The van der Waals surface area contributed by atoms with E-state index in [0.29, 0.717) is 13.1 Å². The number of carbonyl (C=O) groups excluding carboxylic acids is 1. The first-order valence-electron chi connectivity index (χ1n) is 10.2. The molecule has 1 heterocycles. The lowest BCUT2D eigenvalue weighted by molar-refractivity contribution is 0.239. The van der Waals surface area contributed by atoms with Crippen LogP contribution in [0.25, 0.3) is 5.69 Å². The van der Waals surface area contributed by atoms with Crippen LogP contribution < -0.4 is 10.6 Å². The fraction of sp³-hybridized carbons (Fsp3) is 0.333. The minimum Gasteiger partial charge on any atom is -0.337 e. The van der Waals surface area contributed by atoms with Gasteiger partial charge in [0.2, 0.25) is 0 Å². The van der Waals surface area contributed by atoms with Crippen LogP contribution in [0.1, 0.15) is 40.9 Å². The van der Waals surface area contributed by atoms with E-state index in [1.54, 1.807) is 0 Å². The quantitative estimate of drug-likeness (QED) is 0.660. The van der Waals surface area contributed by atoms with Gasteiger partial charge in [0.1, 0.15) is 0 Å². The molecule has 4 rings (SSSR count). The van der Waals surface area contributed by atoms with E-state index >= 15 is 0 Å². The van der Waals surface area contributed by atoms with Crippen LogP contribution in [0, 0.1) is 20.8 Å². The van der Waals surface area contributed by atoms with Crippen molar-refractivity contribution in [1.29, 1.82) is 0 Å². The van der Waals surface area contributed by atoms with E-state index in [1.807, 2.05) is 48.9 Å². The molecule has 5 heteroatoms. The molecule has 150 valence electrons. The molecule has 0 radical (unpaired) electrons. The van der Waals surface area contributed by atoms with E-state index in [9.17, 15) is 4.79 Å². The van der Waals surface area contributed by atoms with Crippen molar-refractivity contribution in [2.24, 2.45) is 0 Å². The number of benzene rings is 2. The zero-order chi connectivity index (χ0) is 20.4. The summed E-state index contributed by atoms with van der Waals surface area (Å²) in [5.74, 6) is 0. The van der Waals surface area contributed by atoms with E-state index in [1.165, 1.54) is 11.1 Å². The van der Waals surface area contributed by atoms with Crippen molar-refractivity contribution in [3.63, 3.8) is 0 Å². The number of para-hydroxylation sites is 1. The van der Waals surface area contributed by atoms with Crippen molar-refractivity contribution in [3.8, 4) is 5.69 Å². The number of rotatable bonds is 6. The van der Waals surface area contributed by atoms with Gasteiger partial charge in [-0.2, -0.15) is 5.10 Å². The Bertz CT molecular complexity index is 1020. The number of amides is 2. The summed E-state index contributed by atoms with van der Waals surface area (Å²) in [5.41, 5.74) is 6.83. The van der Waals surface area contributed by atoms with Crippen LogP contribution in [-0.2, 0) is 12.0 Å². The number of hydrogen-bond acceptors (Lipinski definition) is 2. The topological polar surface area (TPSA) is 59.0 Å². The fourth-order valence-corrected chi connectivity index (χ4v) is 4.09. The Balaban J connectivity index is 1.37. The molecule has 1 aromatic heterocycles. The van der Waals surface area contributed by atoms with E-state index in [4.69, 9.17) is 0 Å².